The minimum atomic E-state index is -0.899. The third-order valence-corrected chi connectivity index (χ3v) is 3.01. The Morgan fingerprint density at radius 2 is 2.28 bits per heavy atom. The summed E-state index contributed by atoms with van der Waals surface area (Å²) >= 11 is 0. The number of H-pyrrole nitrogens is 1. The van der Waals surface area contributed by atoms with Gasteiger partial charge in [0.25, 0.3) is 5.56 Å². The topological polar surface area (TPSA) is 95.1 Å². The summed E-state index contributed by atoms with van der Waals surface area (Å²) in [4.78, 5) is 29.4. The van der Waals surface area contributed by atoms with E-state index in [9.17, 15) is 9.59 Å². The number of aromatic nitrogens is 2. The average molecular weight is 251 g/mol. The molecule has 0 aromatic carbocycles. The highest BCUT2D eigenvalue weighted by Crippen LogP contribution is 2.37. The molecule has 1 saturated carbocycles. The Balaban J connectivity index is 2.09. The minimum Gasteiger partial charge on any atom is -0.481 e. The number of hydrogen-bond donors (Lipinski definition) is 3. The fourth-order valence-corrected chi connectivity index (χ4v) is 1.50. The predicted molar refractivity (Wildman–Crippen MR) is 66.7 cm³/mol. The van der Waals surface area contributed by atoms with Crippen molar-refractivity contribution in [2.45, 2.75) is 32.6 Å². The molecule has 3 N–H and O–H groups in total. The number of nitrogens with one attached hydrogen (secondary N) is 2. The van der Waals surface area contributed by atoms with Crippen molar-refractivity contribution in [1.82, 2.24) is 9.97 Å². The minimum absolute atomic E-state index is 0.206. The lowest BCUT2D eigenvalue weighted by Gasteiger charge is -2.19. The maximum atomic E-state index is 11.4. The summed E-state index contributed by atoms with van der Waals surface area (Å²) in [5.74, 6) is 0.599. The van der Waals surface area contributed by atoms with E-state index >= 15 is 0 Å². The number of carbonyl (C=O) groups is 1. The van der Waals surface area contributed by atoms with E-state index in [0.717, 1.165) is 12.8 Å². The lowest BCUT2D eigenvalue weighted by atomic mass is 9.94. The van der Waals surface area contributed by atoms with Crippen molar-refractivity contribution in [3.8, 4) is 0 Å². The molecular weight excluding hydrogens is 234 g/mol. The Morgan fingerprint density at radius 1 is 1.61 bits per heavy atom. The summed E-state index contributed by atoms with van der Waals surface area (Å²) < 4.78 is 0. The highest BCUT2D eigenvalue weighted by molar-refractivity contribution is 5.74. The van der Waals surface area contributed by atoms with Gasteiger partial charge in [0.15, 0.2) is 0 Å². The van der Waals surface area contributed by atoms with Gasteiger partial charge in [-0.3, -0.25) is 9.59 Å². The molecule has 0 radical (unpaired) electrons. The molecule has 0 saturated heterocycles. The second-order valence-corrected chi connectivity index (χ2v) is 5.33. The molecule has 98 valence electrons. The number of hydrogen-bond acceptors (Lipinski definition) is 4. The molecule has 6 nitrogen and oxygen atoms in total. The third-order valence-electron chi connectivity index (χ3n) is 3.01. The Morgan fingerprint density at radius 3 is 2.83 bits per heavy atom. The maximum absolute atomic E-state index is 11.4. The van der Waals surface area contributed by atoms with Crippen molar-refractivity contribution in [3.63, 3.8) is 0 Å². The lowest BCUT2D eigenvalue weighted by Crippen LogP contribution is -2.32. The number of carboxylic acid groups (broad SMARTS) is 1. The molecule has 0 spiro atoms. The number of nitrogens with zero attached hydrogens (tertiary/aromatic N) is 1. The van der Waals surface area contributed by atoms with Crippen LogP contribution in [0.3, 0.4) is 0 Å². The van der Waals surface area contributed by atoms with E-state index in [0.29, 0.717) is 17.6 Å². The Kier molecular flexibility index (Phi) is 3.11. The van der Waals surface area contributed by atoms with Crippen molar-refractivity contribution in [3.05, 3.63) is 22.2 Å². The van der Waals surface area contributed by atoms with Gasteiger partial charge >= 0.3 is 5.97 Å². The molecule has 1 heterocycles. The molecule has 0 aliphatic heterocycles. The van der Waals surface area contributed by atoms with Gasteiger partial charge in [-0.15, -0.1) is 0 Å². The highest BCUT2D eigenvalue weighted by atomic mass is 16.4. The number of rotatable bonds is 5. The van der Waals surface area contributed by atoms with Crippen LogP contribution in [0.4, 0.5) is 5.82 Å². The second kappa shape index (κ2) is 4.44. The van der Waals surface area contributed by atoms with Crippen LogP contribution in [0.25, 0.3) is 0 Å². The van der Waals surface area contributed by atoms with E-state index in [1.807, 2.05) is 0 Å². The number of aliphatic carboxylic acids is 1. The van der Waals surface area contributed by atoms with Crippen LogP contribution in [0.2, 0.25) is 0 Å². The molecular formula is C12H17N3O3. The van der Waals surface area contributed by atoms with Gasteiger partial charge in [0.05, 0.1) is 5.41 Å². The number of aromatic amines is 1. The Bertz CT molecular complexity index is 518. The van der Waals surface area contributed by atoms with Crippen LogP contribution < -0.4 is 10.9 Å². The van der Waals surface area contributed by atoms with Gasteiger partial charge in [-0.2, -0.15) is 0 Å². The van der Waals surface area contributed by atoms with Gasteiger partial charge in [-0.1, -0.05) is 0 Å². The van der Waals surface area contributed by atoms with E-state index in [4.69, 9.17) is 5.11 Å². The van der Waals surface area contributed by atoms with Crippen LogP contribution in [0, 0.1) is 5.41 Å². The zero-order valence-electron chi connectivity index (χ0n) is 10.5. The van der Waals surface area contributed by atoms with Crippen molar-refractivity contribution < 1.29 is 9.90 Å². The van der Waals surface area contributed by atoms with E-state index in [1.54, 1.807) is 13.8 Å². The van der Waals surface area contributed by atoms with Crippen molar-refractivity contribution in [2.24, 2.45) is 5.41 Å². The molecule has 1 aliphatic carbocycles. The van der Waals surface area contributed by atoms with Crippen LogP contribution in [0.5, 0.6) is 0 Å². The molecule has 1 aliphatic rings. The molecule has 6 heteroatoms. The first-order chi connectivity index (χ1) is 8.38. The molecule has 1 fully saturated rings. The van der Waals surface area contributed by atoms with Crippen LogP contribution in [0.15, 0.2) is 10.9 Å². The van der Waals surface area contributed by atoms with Gasteiger partial charge in [-0.25, -0.2) is 4.98 Å². The Hall–Kier alpha value is -1.85. The maximum Gasteiger partial charge on any atom is 0.310 e. The third kappa shape index (κ3) is 2.88. The van der Waals surface area contributed by atoms with Crippen LogP contribution in [-0.4, -0.2) is 27.6 Å². The van der Waals surface area contributed by atoms with Gasteiger partial charge in [-0.05, 0) is 26.7 Å². The number of anilines is 1. The first kappa shape index (κ1) is 12.6. The second-order valence-electron chi connectivity index (χ2n) is 5.33. The van der Waals surface area contributed by atoms with Gasteiger partial charge in [0, 0.05) is 18.5 Å². The standard InChI is InChI=1S/C12H17N3O3/c1-12(2,11(17)18)6-13-8-5-9(16)15-10(14-8)7-3-4-7/h5,7H,3-4,6H2,1-2H3,(H,17,18)(H2,13,14,15,16). The summed E-state index contributed by atoms with van der Waals surface area (Å²) in [7, 11) is 0. The van der Waals surface area contributed by atoms with Gasteiger partial charge < -0.3 is 15.4 Å². The lowest BCUT2D eigenvalue weighted by molar-refractivity contribution is -0.146. The summed E-state index contributed by atoms with van der Waals surface area (Å²) in [6.07, 6.45) is 2.10. The quantitative estimate of drug-likeness (QED) is 0.730. The normalized spacial score (nSPS) is 15.4. The fourth-order valence-electron chi connectivity index (χ4n) is 1.50. The van der Waals surface area contributed by atoms with Crippen molar-refractivity contribution in [1.29, 1.82) is 0 Å². The number of carboxylic acids is 1. The van der Waals surface area contributed by atoms with E-state index in [2.05, 4.69) is 15.3 Å². The molecule has 0 amide bonds. The van der Waals surface area contributed by atoms with E-state index in [-0.39, 0.29) is 12.1 Å². The van der Waals surface area contributed by atoms with Crippen LogP contribution in [0.1, 0.15) is 38.4 Å². The van der Waals surface area contributed by atoms with Gasteiger partial charge in [0.2, 0.25) is 0 Å². The van der Waals surface area contributed by atoms with Crippen molar-refractivity contribution >= 4 is 11.8 Å². The summed E-state index contributed by atoms with van der Waals surface area (Å²) in [6, 6.07) is 1.35. The smallest absolute Gasteiger partial charge is 0.310 e. The summed E-state index contributed by atoms with van der Waals surface area (Å²) in [5, 5.41) is 11.9. The molecule has 18 heavy (non-hydrogen) atoms. The van der Waals surface area contributed by atoms with Gasteiger partial charge in [0.1, 0.15) is 11.6 Å². The highest BCUT2D eigenvalue weighted by Gasteiger charge is 2.28. The molecule has 1 aromatic rings. The molecule has 2 rings (SSSR count). The average Bonchev–Trinajstić information content (AvgIpc) is 3.09. The fraction of sp³-hybridized carbons (Fsp3) is 0.583. The molecule has 0 unspecified atom stereocenters. The largest absolute Gasteiger partial charge is 0.481 e. The van der Waals surface area contributed by atoms with E-state index < -0.39 is 11.4 Å². The SMILES string of the molecule is CC(C)(CNc1cc(=O)[nH]c(C2CC2)n1)C(=O)O. The first-order valence-electron chi connectivity index (χ1n) is 5.97. The molecule has 0 bridgehead atoms. The summed E-state index contributed by atoms with van der Waals surface area (Å²) in [5.41, 5.74) is -1.10. The Labute approximate surface area is 104 Å². The predicted octanol–water partition coefficient (Wildman–Crippen LogP) is 1.17. The molecule has 1 aromatic heterocycles. The monoisotopic (exact) mass is 251 g/mol. The van der Waals surface area contributed by atoms with E-state index in [1.165, 1.54) is 6.07 Å². The van der Waals surface area contributed by atoms with Crippen LogP contribution in [-0.2, 0) is 4.79 Å². The zero-order chi connectivity index (χ0) is 13.3. The first-order valence-corrected chi connectivity index (χ1v) is 5.97. The summed E-state index contributed by atoms with van der Waals surface area (Å²) in [6.45, 7) is 3.47. The molecule has 0 atom stereocenters. The van der Waals surface area contributed by atoms with Crippen LogP contribution >= 0.6 is 0 Å². The van der Waals surface area contributed by atoms with Crippen molar-refractivity contribution in [2.75, 3.05) is 11.9 Å². The zero-order valence-corrected chi connectivity index (χ0v) is 10.5.